The number of carbonyl (C=O) groups excluding carboxylic acids is 2. The number of ether oxygens (including phenoxy) is 2. The lowest BCUT2D eigenvalue weighted by atomic mass is 10.1. The number of esters is 1. The van der Waals surface area contributed by atoms with E-state index in [1.165, 1.54) is 0 Å². The van der Waals surface area contributed by atoms with Gasteiger partial charge < -0.3 is 14.8 Å². The number of benzene rings is 2. The third-order valence-corrected chi connectivity index (χ3v) is 5.13. The van der Waals surface area contributed by atoms with E-state index in [1.54, 1.807) is 24.8 Å². The summed E-state index contributed by atoms with van der Waals surface area (Å²) in [5.74, 6) is -0.256. The number of amides is 1. The number of hydrogen-bond acceptors (Lipinski definition) is 6. The largest absolute Gasteiger partial charge is 0.497 e. The summed E-state index contributed by atoms with van der Waals surface area (Å²) >= 11 is 0. The summed E-state index contributed by atoms with van der Waals surface area (Å²) in [7, 11) is 1.60. The van der Waals surface area contributed by atoms with Crippen molar-refractivity contribution >= 4 is 22.9 Å². The smallest absolute Gasteiger partial charge is 0.339 e. The summed E-state index contributed by atoms with van der Waals surface area (Å²) in [4.78, 5) is 29.7. The molecule has 2 aromatic heterocycles. The monoisotopic (exact) mass is 444 g/mol. The minimum Gasteiger partial charge on any atom is -0.497 e. The number of aryl methyl sites for hydroxylation is 1. The molecule has 8 nitrogen and oxygen atoms in total. The molecule has 0 unspecified atom stereocenters. The van der Waals surface area contributed by atoms with Gasteiger partial charge in [-0.2, -0.15) is 5.10 Å². The second-order valence-electron chi connectivity index (χ2n) is 7.34. The number of likely N-dealkylation sites (N-methyl/N-ethyl adjacent to an activating group) is 1. The summed E-state index contributed by atoms with van der Waals surface area (Å²) in [6.45, 7) is 3.71. The van der Waals surface area contributed by atoms with Crippen LogP contribution in [0.3, 0.4) is 0 Å². The van der Waals surface area contributed by atoms with E-state index in [2.05, 4.69) is 10.4 Å². The van der Waals surface area contributed by atoms with Gasteiger partial charge in [-0.15, -0.1) is 0 Å². The zero-order chi connectivity index (χ0) is 23.4. The van der Waals surface area contributed by atoms with Crippen molar-refractivity contribution in [3.8, 4) is 22.7 Å². The first-order chi connectivity index (χ1) is 16.0. The van der Waals surface area contributed by atoms with Gasteiger partial charge in [-0.1, -0.05) is 18.2 Å². The van der Waals surface area contributed by atoms with Crippen LogP contribution in [0.2, 0.25) is 0 Å². The van der Waals surface area contributed by atoms with Gasteiger partial charge in [-0.05, 0) is 56.3 Å². The van der Waals surface area contributed by atoms with Crippen LogP contribution >= 0.6 is 0 Å². The molecule has 4 aromatic rings. The Balaban J connectivity index is 1.86. The Hall–Kier alpha value is -4.20. The molecular formula is C25H24N4O4. The number of pyridine rings is 1. The number of nitrogens with zero attached hydrogens (tertiary/aromatic N) is 3. The van der Waals surface area contributed by atoms with Gasteiger partial charge in [-0.25, -0.2) is 14.5 Å². The summed E-state index contributed by atoms with van der Waals surface area (Å²) in [6.07, 6.45) is 0. The van der Waals surface area contributed by atoms with Gasteiger partial charge in [0.25, 0.3) is 5.91 Å². The van der Waals surface area contributed by atoms with E-state index in [9.17, 15) is 9.59 Å². The van der Waals surface area contributed by atoms with Crippen LogP contribution in [0.25, 0.3) is 28.0 Å². The maximum absolute atomic E-state index is 13.1. The molecule has 4 rings (SSSR count). The molecule has 0 saturated carbocycles. The van der Waals surface area contributed by atoms with Crippen molar-refractivity contribution in [2.45, 2.75) is 13.8 Å². The van der Waals surface area contributed by atoms with Crippen LogP contribution in [0.15, 0.2) is 60.7 Å². The predicted molar refractivity (Wildman–Crippen MR) is 125 cm³/mol. The van der Waals surface area contributed by atoms with Crippen LogP contribution in [-0.2, 0) is 9.53 Å². The standard InChI is InChI=1S/C25H24N4O4/c1-4-26-22(30)15-33-25(31)20-14-21(17-10-12-19(32-3)13-11-17)27-24-23(20)16(2)28-29(24)18-8-6-5-7-9-18/h5-14H,4,15H2,1-3H3,(H,26,30). The highest BCUT2D eigenvalue weighted by Crippen LogP contribution is 2.30. The van der Waals surface area contributed by atoms with Crippen molar-refractivity contribution in [1.29, 1.82) is 0 Å². The number of hydrogen-bond donors (Lipinski definition) is 1. The van der Waals surface area contributed by atoms with Crippen LogP contribution < -0.4 is 10.1 Å². The Morgan fingerprint density at radius 2 is 1.79 bits per heavy atom. The minimum absolute atomic E-state index is 0.301. The number of methoxy groups -OCH3 is 1. The molecule has 33 heavy (non-hydrogen) atoms. The third kappa shape index (κ3) is 4.55. The zero-order valence-electron chi connectivity index (χ0n) is 18.7. The van der Waals surface area contributed by atoms with Crippen molar-refractivity contribution in [2.24, 2.45) is 0 Å². The van der Waals surface area contributed by atoms with Gasteiger partial charge in [0.15, 0.2) is 12.3 Å². The number of nitrogens with one attached hydrogen (secondary N) is 1. The molecule has 0 bridgehead atoms. The highest BCUT2D eigenvalue weighted by molar-refractivity contribution is 6.05. The lowest BCUT2D eigenvalue weighted by Gasteiger charge is -2.10. The molecule has 2 aromatic carbocycles. The fourth-order valence-corrected chi connectivity index (χ4v) is 3.57. The van der Waals surface area contributed by atoms with E-state index in [0.717, 1.165) is 11.3 Å². The van der Waals surface area contributed by atoms with E-state index in [0.29, 0.717) is 40.3 Å². The Bertz CT molecular complexity index is 1300. The molecule has 0 saturated heterocycles. The highest BCUT2D eigenvalue weighted by atomic mass is 16.5. The maximum atomic E-state index is 13.1. The highest BCUT2D eigenvalue weighted by Gasteiger charge is 2.22. The van der Waals surface area contributed by atoms with Crippen LogP contribution in [-0.4, -0.2) is 46.9 Å². The molecule has 0 aliphatic heterocycles. The Labute approximate surface area is 191 Å². The number of fused-ring (bicyclic) bond motifs is 1. The van der Waals surface area contributed by atoms with Crippen molar-refractivity contribution in [3.63, 3.8) is 0 Å². The van der Waals surface area contributed by atoms with E-state index in [1.807, 2.05) is 61.5 Å². The Morgan fingerprint density at radius 1 is 1.06 bits per heavy atom. The van der Waals surface area contributed by atoms with E-state index in [-0.39, 0.29) is 12.5 Å². The summed E-state index contributed by atoms with van der Waals surface area (Å²) < 4.78 is 12.3. The predicted octanol–water partition coefficient (Wildman–Crippen LogP) is 3.70. The molecule has 2 heterocycles. The fraction of sp³-hybridized carbons (Fsp3) is 0.200. The van der Waals surface area contributed by atoms with Gasteiger partial charge in [0, 0.05) is 12.1 Å². The quantitative estimate of drug-likeness (QED) is 0.437. The van der Waals surface area contributed by atoms with Crippen molar-refractivity contribution in [3.05, 3.63) is 71.9 Å². The van der Waals surface area contributed by atoms with Crippen molar-refractivity contribution in [1.82, 2.24) is 20.1 Å². The molecule has 8 heteroatoms. The topological polar surface area (TPSA) is 95.3 Å². The molecule has 168 valence electrons. The van der Waals surface area contributed by atoms with Gasteiger partial charge >= 0.3 is 5.97 Å². The second kappa shape index (κ2) is 9.52. The summed E-state index contributed by atoms with van der Waals surface area (Å²) in [5, 5.41) is 7.84. The molecule has 0 atom stereocenters. The number of carbonyl (C=O) groups is 2. The van der Waals surface area contributed by atoms with Crippen molar-refractivity contribution < 1.29 is 19.1 Å². The molecule has 1 amide bonds. The molecular weight excluding hydrogens is 420 g/mol. The fourth-order valence-electron chi connectivity index (χ4n) is 3.57. The normalized spacial score (nSPS) is 10.8. The Kier molecular flexibility index (Phi) is 6.35. The van der Waals surface area contributed by atoms with Crippen LogP contribution in [0.5, 0.6) is 5.75 Å². The Morgan fingerprint density at radius 3 is 2.45 bits per heavy atom. The number of rotatable bonds is 7. The number of aromatic nitrogens is 3. The molecule has 0 spiro atoms. The van der Waals surface area contributed by atoms with E-state index < -0.39 is 5.97 Å². The van der Waals surface area contributed by atoms with Gasteiger partial charge in [0.05, 0.1) is 35.1 Å². The first-order valence-electron chi connectivity index (χ1n) is 10.6. The average molecular weight is 444 g/mol. The molecule has 0 aliphatic carbocycles. The van der Waals surface area contributed by atoms with Crippen LogP contribution in [0, 0.1) is 6.92 Å². The lowest BCUT2D eigenvalue weighted by molar-refractivity contribution is -0.124. The lowest BCUT2D eigenvalue weighted by Crippen LogP contribution is -2.28. The van der Waals surface area contributed by atoms with Crippen LogP contribution in [0.1, 0.15) is 23.0 Å². The molecule has 0 fully saturated rings. The minimum atomic E-state index is -0.612. The molecule has 0 radical (unpaired) electrons. The maximum Gasteiger partial charge on any atom is 0.339 e. The molecule has 1 N–H and O–H groups in total. The van der Waals surface area contributed by atoms with Gasteiger partial charge in [0.2, 0.25) is 0 Å². The average Bonchev–Trinajstić information content (AvgIpc) is 3.19. The zero-order valence-corrected chi connectivity index (χ0v) is 18.7. The third-order valence-electron chi connectivity index (χ3n) is 5.13. The summed E-state index contributed by atoms with van der Waals surface area (Å²) in [5.41, 5.74) is 3.65. The van der Waals surface area contributed by atoms with Crippen molar-refractivity contribution in [2.75, 3.05) is 20.3 Å². The summed E-state index contributed by atoms with van der Waals surface area (Å²) in [6, 6.07) is 18.6. The van der Waals surface area contributed by atoms with E-state index in [4.69, 9.17) is 14.5 Å². The van der Waals surface area contributed by atoms with Gasteiger partial charge in [0.1, 0.15) is 5.75 Å². The SMILES string of the molecule is CCNC(=O)COC(=O)c1cc(-c2ccc(OC)cc2)nc2c1c(C)nn2-c1ccccc1. The van der Waals surface area contributed by atoms with E-state index >= 15 is 0 Å². The first kappa shape index (κ1) is 22.0. The first-order valence-corrected chi connectivity index (χ1v) is 10.6. The van der Waals surface area contributed by atoms with Gasteiger partial charge in [-0.3, -0.25) is 4.79 Å². The molecule has 0 aliphatic rings. The van der Waals surface area contributed by atoms with Crippen LogP contribution in [0.4, 0.5) is 0 Å². The second-order valence-corrected chi connectivity index (χ2v) is 7.34. The number of para-hydroxylation sites is 1.